The first-order chi connectivity index (χ1) is 11.8. The summed E-state index contributed by atoms with van der Waals surface area (Å²) in [6.07, 6.45) is 2.75. The van der Waals surface area contributed by atoms with Crippen LogP contribution in [0.25, 0.3) is 22.3 Å². The molecule has 0 radical (unpaired) electrons. The van der Waals surface area contributed by atoms with Crippen LogP contribution in [0.2, 0.25) is 0 Å². The van der Waals surface area contributed by atoms with E-state index in [4.69, 9.17) is 4.98 Å². The van der Waals surface area contributed by atoms with Gasteiger partial charge in [-0.3, -0.25) is 0 Å². The molecule has 2 N–H and O–H groups in total. The average molecular weight is 315 g/mol. The average Bonchev–Trinajstić information content (AvgIpc) is 3.10. The molecule has 0 fully saturated rings. The molecular formula is C19H17N5. The van der Waals surface area contributed by atoms with Crippen molar-refractivity contribution in [1.82, 2.24) is 19.9 Å². The van der Waals surface area contributed by atoms with Crippen molar-refractivity contribution in [3.8, 4) is 11.4 Å². The Morgan fingerprint density at radius 3 is 2.54 bits per heavy atom. The van der Waals surface area contributed by atoms with Crippen LogP contribution < -0.4 is 5.32 Å². The van der Waals surface area contributed by atoms with Crippen molar-refractivity contribution in [2.75, 3.05) is 5.32 Å². The number of hydrogen-bond donors (Lipinski definition) is 2. The van der Waals surface area contributed by atoms with Gasteiger partial charge in [-0.25, -0.2) is 15.0 Å². The van der Waals surface area contributed by atoms with Gasteiger partial charge in [-0.2, -0.15) is 0 Å². The molecule has 0 bridgehead atoms. The maximum Gasteiger partial charge on any atom is 0.206 e. The van der Waals surface area contributed by atoms with Crippen LogP contribution in [0.15, 0.2) is 60.8 Å². The van der Waals surface area contributed by atoms with Crippen molar-refractivity contribution in [1.29, 1.82) is 0 Å². The lowest BCUT2D eigenvalue weighted by Crippen LogP contribution is -2.00. The molecule has 5 heteroatoms. The molecule has 0 aliphatic carbocycles. The molecule has 2 aromatic heterocycles. The summed E-state index contributed by atoms with van der Waals surface area (Å²) in [5, 5.41) is 4.26. The summed E-state index contributed by atoms with van der Waals surface area (Å²) >= 11 is 0. The van der Waals surface area contributed by atoms with Crippen LogP contribution >= 0.6 is 0 Å². The number of aryl methyl sites for hydroxylation is 1. The maximum absolute atomic E-state index is 4.72. The van der Waals surface area contributed by atoms with Gasteiger partial charge in [0.1, 0.15) is 5.82 Å². The van der Waals surface area contributed by atoms with Gasteiger partial charge in [-0.15, -0.1) is 0 Å². The van der Waals surface area contributed by atoms with E-state index in [-0.39, 0.29) is 0 Å². The number of H-pyrrole nitrogens is 1. The van der Waals surface area contributed by atoms with E-state index in [2.05, 4.69) is 27.2 Å². The number of aromatic nitrogens is 4. The highest BCUT2D eigenvalue weighted by Gasteiger charge is 2.10. The number of aromatic amines is 1. The highest BCUT2D eigenvalue weighted by atomic mass is 15.2. The number of anilines is 2. The third kappa shape index (κ3) is 2.72. The molecule has 4 aromatic rings. The van der Waals surface area contributed by atoms with E-state index >= 15 is 0 Å². The number of rotatable bonds is 4. The largest absolute Gasteiger partial charge is 0.328 e. The predicted molar refractivity (Wildman–Crippen MR) is 96.2 cm³/mol. The standard InChI is InChI=1S/C19H17N5/c1-2-14-12-20-19(21-14)24-18-15-10-6-7-11-16(15)22-17(23-18)13-8-4-3-5-9-13/h3-12H,2H2,1H3,(H2,20,21,22,23,24). The van der Waals surface area contributed by atoms with E-state index in [9.17, 15) is 0 Å². The number of fused-ring (bicyclic) bond motifs is 1. The SMILES string of the molecule is CCc1cnc(Nc2nc(-c3ccccc3)nc3ccccc23)[nH]1. The fourth-order valence-corrected chi connectivity index (χ4v) is 2.60. The molecule has 118 valence electrons. The highest BCUT2D eigenvalue weighted by Crippen LogP contribution is 2.26. The Morgan fingerprint density at radius 2 is 1.75 bits per heavy atom. The topological polar surface area (TPSA) is 66.5 Å². The number of imidazole rings is 1. The predicted octanol–water partition coefficient (Wildman–Crippen LogP) is 4.33. The molecule has 0 unspecified atom stereocenters. The first kappa shape index (κ1) is 14.4. The van der Waals surface area contributed by atoms with Gasteiger partial charge in [0.2, 0.25) is 5.95 Å². The van der Waals surface area contributed by atoms with Gasteiger partial charge < -0.3 is 10.3 Å². The number of nitrogens with one attached hydrogen (secondary N) is 2. The number of benzene rings is 2. The Hall–Kier alpha value is -3.21. The number of hydrogen-bond acceptors (Lipinski definition) is 4. The third-order valence-corrected chi connectivity index (χ3v) is 3.88. The molecule has 0 aliphatic heterocycles. The van der Waals surface area contributed by atoms with E-state index in [1.807, 2.05) is 60.8 Å². The van der Waals surface area contributed by atoms with Gasteiger partial charge in [0.05, 0.1) is 11.7 Å². The lowest BCUT2D eigenvalue weighted by atomic mass is 10.2. The molecule has 0 saturated carbocycles. The normalized spacial score (nSPS) is 10.9. The van der Waals surface area contributed by atoms with Crippen LogP contribution in [-0.4, -0.2) is 19.9 Å². The monoisotopic (exact) mass is 315 g/mol. The quantitative estimate of drug-likeness (QED) is 0.588. The Bertz CT molecular complexity index is 975. The second-order valence-corrected chi connectivity index (χ2v) is 5.51. The molecule has 2 aromatic carbocycles. The van der Waals surface area contributed by atoms with Crippen molar-refractivity contribution >= 4 is 22.7 Å². The minimum Gasteiger partial charge on any atom is -0.328 e. The Balaban J connectivity index is 1.83. The first-order valence-electron chi connectivity index (χ1n) is 7.96. The van der Waals surface area contributed by atoms with E-state index in [1.165, 1.54) is 0 Å². The molecular weight excluding hydrogens is 298 g/mol. The van der Waals surface area contributed by atoms with Gasteiger partial charge in [0.15, 0.2) is 5.82 Å². The lowest BCUT2D eigenvalue weighted by molar-refractivity contribution is 1.06. The zero-order valence-corrected chi connectivity index (χ0v) is 13.3. The van der Waals surface area contributed by atoms with Crippen molar-refractivity contribution in [3.63, 3.8) is 0 Å². The van der Waals surface area contributed by atoms with Gasteiger partial charge in [0.25, 0.3) is 0 Å². The van der Waals surface area contributed by atoms with E-state index in [0.29, 0.717) is 11.8 Å². The summed E-state index contributed by atoms with van der Waals surface area (Å²) < 4.78 is 0. The van der Waals surface area contributed by atoms with E-state index in [1.54, 1.807) is 0 Å². The van der Waals surface area contributed by atoms with Gasteiger partial charge in [-0.1, -0.05) is 49.4 Å². The smallest absolute Gasteiger partial charge is 0.206 e. The molecule has 24 heavy (non-hydrogen) atoms. The van der Waals surface area contributed by atoms with E-state index in [0.717, 1.165) is 34.4 Å². The van der Waals surface area contributed by atoms with Gasteiger partial charge >= 0.3 is 0 Å². The zero-order chi connectivity index (χ0) is 16.4. The molecule has 0 amide bonds. The molecule has 2 heterocycles. The first-order valence-corrected chi connectivity index (χ1v) is 7.96. The summed E-state index contributed by atoms with van der Waals surface area (Å²) in [5.74, 6) is 2.13. The van der Waals surface area contributed by atoms with Crippen molar-refractivity contribution < 1.29 is 0 Å². The van der Waals surface area contributed by atoms with Crippen molar-refractivity contribution in [3.05, 3.63) is 66.5 Å². The van der Waals surface area contributed by atoms with Crippen LogP contribution in [0.5, 0.6) is 0 Å². The highest BCUT2D eigenvalue weighted by molar-refractivity contribution is 5.91. The molecule has 0 saturated heterocycles. The third-order valence-electron chi connectivity index (χ3n) is 3.88. The van der Waals surface area contributed by atoms with Crippen LogP contribution in [-0.2, 0) is 6.42 Å². The molecule has 0 spiro atoms. The summed E-state index contributed by atoms with van der Waals surface area (Å²) in [6.45, 7) is 2.09. The maximum atomic E-state index is 4.72. The van der Waals surface area contributed by atoms with Crippen LogP contribution in [0.4, 0.5) is 11.8 Å². The molecule has 0 atom stereocenters. The zero-order valence-electron chi connectivity index (χ0n) is 13.3. The second kappa shape index (κ2) is 6.12. The number of para-hydroxylation sites is 1. The molecule has 5 nitrogen and oxygen atoms in total. The minimum atomic E-state index is 0.690. The second-order valence-electron chi connectivity index (χ2n) is 5.51. The Morgan fingerprint density at radius 1 is 0.958 bits per heavy atom. The fraction of sp³-hybridized carbons (Fsp3) is 0.105. The van der Waals surface area contributed by atoms with Crippen LogP contribution in [0.1, 0.15) is 12.6 Å². The molecule has 0 aliphatic rings. The fourth-order valence-electron chi connectivity index (χ4n) is 2.60. The number of nitrogens with zero attached hydrogens (tertiary/aromatic N) is 3. The van der Waals surface area contributed by atoms with Gasteiger partial charge in [-0.05, 0) is 18.6 Å². The van der Waals surface area contributed by atoms with Crippen molar-refractivity contribution in [2.24, 2.45) is 0 Å². The van der Waals surface area contributed by atoms with Crippen molar-refractivity contribution in [2.45, 2.75) is 13.3 Å². The van der Waals surface area contributed by atoms with Crippen LogP contribution in [0, 0.1) is 0 Å². The summed E-state index contributed by atoms with van der Waals surface area (Å²) in [7, 11) is 0. The minimum absolute atomic E-state index is 0.690. The molecule has 4 rings (SSSR count). The summed E-state index contributed by atoms with van der Waals surface area (Å²) in [5.41, 5.74) is 2.97. The summed E-state index contributed by atoms with van der Waals surface area (Å²) in [6, 6.07) is 18.0. The van der Waals surface area contributed by atoms with Crippen LogP contribution in [0.3, 0.4) is 0 Å². The lowest BCUT2D eigenvalue weighted by Gasteiger charge is -2.09. The Labute approximate surface area is 139 Å². The summed E-state index contributed by atoms with van der Waals surface area (Å²) in [4.78, 5) is 17.0. The van der Waals surface area contributed by atoms with E-state index < -0.39 is 0 Å². The Kier molecular flexibility index (Phi) is 3.67. The van der Waals surface area contributed by atoms with Gasteiger partial charge in [0, 0.05) is 16.6 Å².